The predicted molar refractivity (Wildman–Crippen MR) is 136 cm³/mol. The lowest BCUT2D eigenvalue weighted by molar-refractivity contribution is 0.432. The Labute approximate surface area is 191 Å². The molecule has 2 aromatic carbocycles. The zero-order chi connectivity index (χ0) is 22.4. The maximum atomic E-state index is 3.85. The Morgan fingerprint density at radius 3 is 1.45 bits per heavy atom. The Bertz CT molecular complexity index is 778. The number of hydrogen-bond acceptors (Lipinski definition) is 2. The number of fused-ring (bicyclic) bond motifs is 3. The minimum atomic E-state index is -0.0120. The van der Waals surface area contributed by atoms with Crippen molar-refractivity contribution in [2.75, 3.05) is 26.2 Å². The van der Waals surface area contributed by atoms with Crippen molar-refractivity contribution in [3.05, 3.63) is 58.7 Å². The summed E-state index contributed by atoms with van der Waals surface area (Å²) in [5.74, 6) is 1.08. The normalized spacial score (nSPS) is 14.3. The highest BCUT2D eigenvalue weighted by molar-refractivity contribution is 5.82. The molecule has 2 N–H and O–H groups in total. The molecule has 0 saturated heterocycles. The summed E-state index contributed by atoms with van der Waals surface area (Å²) in [6.07, 6.45) is 4.93. The van der Waals surface area contributed by atoms with Gasteiger partial charge in [0.1, 0.15) is 0 Å². The second-order valence-corrected chi connectivity index (χ2v) is 10.1. The topological polar surface area (TPSA) is 24.1 Å². The van der Waals surface area contributed by atoms with Crippen molar-refractivity contribution in [1.29, 1.82) is 0 Å². The highest BCUT2D eigenvalue weighted by Crippen LogP contribution is 2.50. The van der Waals surface area contributed by atoms with E-state index in [0.29, 0.717) is 11.8 Å². The van der Waals surface area contributed by atoms with E-state index in [1.165, 1.54) is 59.1 Å². The second-order valence-electron chi connectivity index (χ2n) is 10.1. The highest BCUT2D eigenvalue weighted by atomic mass is 14.9. The van der Waals surface area contributed by atoms with Crippen LogP contribution in [-0.4, -0.2) is 26.2 Å². The molecule has 2 heteroatoms. The van der Waals surface area contributed by atoms with Crippen molar-refractivity contribution in [3.63, 3.8) is 0 Å². The van der Waals surface area contributed by atoms with Gasteiger partial charge in [-0.3, -0.25) is 0 Å². The third-order valence-corrected chi connectivity index (χ3v) is 7.01. The zero-order valence-corrected chi connectivity index (χ0v) is 20.8. The summed E-state index contributed by atoms with van der Waals surface area (Å²) in [5, 5.41) is 7.70. The number of nitrogens with one attached hydrogen (secondary N) is 2. The maximum Gasteiger partial charge on any atom is 0.0463 e. The largest absolute Gasteiger partial charge is 0.315 e. The maximum absolute atomic E-state index is 3.85. The average Bonchev–Trinajstić information content (AvgIpc) is 3.03. The highest BCUT2D eigenvalue weighted by Gasteiger charge is 2.43. The SMILES string of the molecule is CCCCNCC1(CNCCCC)c2cc(C(C)C)ccc2-c2ccc(C(C)C)cc21. The lowest BCUT2D eigenvalue weighted by Gasteiger charge is -2.34. The van der Waals surface area contributed by atoms with Crippen molar-refractivity contribution in [3.8, 4) is 11.1 Å². The Hall–Kier alpha value is -1.64. The van der Waals surface area contributed by atoms with E-state index in [9.17, 15) is 0 Å². The van der Waals surface area contributed by atoms with Crippen LogP contribution in [0.4, 0.5) is 0 Å². The molecule has 0 unspecified atom stereocenters. The molecule has 1 aliphatic carbocycles. The van der Waals surface area contributed by atoms with Crippen molar-refractivity contribution in [1.82, 2.24) is 10.6 Å². The first kappa shape index (κ1) is 24.0. The summed E-state index contributed by atoms with van der Waals surface area (Å²) in [6.45, 7) is 17.9. The van der Waals surface area contributed by atoms with Crippen molar-refractivity contribution >= 4 is 0 Å². The number of unbranched alkanes of at least 4 members (excludes halogenated alkanes) is 2. The van der Waals surface area contributed by atoms with Gasteiger partial charge in [0, 0.05) is 18.5 Å². The molecule has 3 rings (SSSR count). The van der Waals surface area contributed by atoms with Crippen LogP contribution < -0.4 is 10.6 Å². The monoisotopic (exact) mass is 420 g/mol. The Morgan fingerprint density at radius 1 is 0.677 bits per heavy atom. The van der Waals surface area contributed by atoms with Crippen LogP contribution in [0.2, 0.25) is 0 Å². The van der Waals surface area contributed by atoms with Crippen molar-refractivity contribution in [2.24, 2.45) is 0 Å². The lowest BCUT2D eigenvalue weighted by Crippen LogP contribution is -2.46. The van der Waals surface area contributed by atoms with Crippen LogP contribution in [0.15, 0.2) is 36.4 Å². The zero-order valence-electron chi connectivity index (χ0n) is 20.8. The second kappa shape index (κ2) is 10.8. The van der Waals surface area contributed by atoms with E-state index in [1.54, 1.807) is 0 Å². The first-order valence-electron chi connectivity index (χ1n) is 12.6. The summed E-state index contributed by atoms with van der Waals surface area (Å²) < 4.78 is 0. The van der Waals surface area contributed by atoms with Crippen LogP contribution in [0, 0.1) is 0 Å². The van der Waals surface area contributed by atoms with Gasteiger partial charge in [-0.1, -0.05) is 90.8 Å². The Balaban J connectivity index is 2.12. The molecular weight excluding hydrogens is 376 g/mol. The molecule has 0 bridgehead atoms. The molecular formula is C29H44N2. The van der Waals surface area contributed by atoms with E-state index in [2.05, 4.69) is 88.6 Å². The summed E-state index contributed by atoms with van der Waals surface area (Å²) >= 11 is 0. The van der Waals surface area contributed by atoms with Crippen LogP contribution in [0.1, 0.15) is 101 Å². The van der Waals surface area contributed by atoms with E-state index in [-0.39, 0.29) is 5.41 Å². The van der Waals surface area contributed by atoms with Crippen LogP contribution >= 0.6 is 0 Å². The standard InChI is InChI=1S/C29H44N2/c1-7-9-15-30-19-29(20-31-16-10-8-2)27-17-23(21(3)4)11-13-25(27)26-14-12-24(22(5)6)18-28(26)29/h11-14,17-18,21-22,30-31H,7-10,15-16,19-20H2,1-6H3. The van der Waals surface area contributed by atoms with Gasteiger partial charge in [-0.25, -0.2) is 0 Å². The van der Waals surface area contributed by atoms with Gasteiger partial charge in [-0.2, -0.15) is 0 Å². The van der Waals surface area contributed by atoms with E-state index in [0.717, 1.165) is 26.2 Å². The fourth-order valence-corrected chi connectivity index (χ4v) is 4.90. The molecule has 0 saturated carbocycles. The van der Waals surface area contributed by atoms with Gasteiger partial charge in [-0.15, -0.1) is 0 Å². The van der Waals surface area contributed by atoms with Gasteiger partial charge in [0.2, 0.25) is 0 Å². The number of rotatable bonds is 12. The Morgan fingerprint density at radius 2 is 1.10 bits per heavy atom. The average molecular weight is 421 g/mol. The fraction of sp³-hybridized carbons (Fsp3) is 0.586. The minimum absolute atomic E-state index is 0.0120. The van der Waals surface area contributed by atoms with Gasteiger partial charge in [0.15, 0.2) is 0 Å². The number of benzene rings is 2. The Kier molecular flexibility index (Phi) is 8.36. The van der Waals surface area contributed by atoms with Crippen molar-refractivity contribution < 1.29 is 0 Å². The van der Waals surface area contributed by atoms with Crippen LogP contribution in [-0.2, 0) is 5.41 Å². The van der Waals surface area contributed by atoms with Gasteiger partial charge < -0.3 is 10.6 Å². The molecule has 2 nitrogen and oxygen atoms in total. The third-order valence-electron chi connectivity index (χ3n) is 7.01. The molecule has 0 amide bonds. The first-order valence-corrected chi connectivity index (χ1v) is 12.6. The molecule has 170 valence electrons. The van der Waals surface area contributed by atoms with Gasteiger partial charge in [0.25, 0.3) is 0 Å². The predicted octanol–water partition coefficient (Wildman–Crippen LogP) is 6.98. The van der Waals surface area contributed by atoms with Crippen molar-refractivity contribution in [2.45, 2.75) is 84.5 Å². The molecule has 0 aliphatic heterocycles. The van der Waals surface area contributed by atoms with E-state index in [4.69, 9.17) is 0 Å². The minimum Gasteiger partial charge on any atom is -0.315 e. The molecule has 0 spiro atoms. The molecule has 31 heavy (non-hydrogen) atoms. The molecule has 0 fully saturated rings. The number of hydrogen-bond donors (Lipinski definition) is 2. The van der Waals surface area contributed by atoms with Crippen LogP contribution in [0.25, 0.3) is 11.1 Å². The van der Waals surface area contributed by atoms with E-state index >= 15 is 0 Å². The summed E-state index contributed by atoms with van der Waals surface area (Å²) in [5.41, 5.74) is 8.78. The molecule has 2 aromatic rings. The lowest BCUT2D eigenvalue weighted by atomic mass is 9.76. The third kappa shape index (κ3) is 5.07. The molecule has 0 radical (unpaired) electrons. The first-order chi connectivity index (χ1) is 14.9. The molecule has 0 atom stereocenters. The summed E-state index contributed by atoms with van der Waals surface area (Å²) in [7, 11) is 0. The van der Waals surface area contributed by atoms with Crippen LogP contribution in [0.3, 0.4) is 0 Å². The van der Waals surface area contributed by atoms with Gasteiger partial charge in [-0.05, 0) is 71.1 Å². The summed E-state index contributed by atoms with van der Waals surface area (Å²) in [4.78, 5) is 0. The van der Waals surface area contributed by atoms with Gasteiger partial charge >= 0.3 is 0 Å². The molecule has 0 aromatic heterocycles. The quantitative estimate of drug-likeness (QED) is 0.362. The van der Waals surface area contributed by atoms with E-state index in [1.807, 2.05) is 0 Å². The molecule has 1 aliphatic rings. The van der Waals surface area contributed by atoms with Gasteiger partial charge in [0.05, 0.1) is 0 Å². The molecule has 0 heterocycles. The fourth-order valence-electron chi connectivity index (χ4n) is 4.90. The smallest absolute Gasteiger partial charge is 0.0463 e. The summed E-state index contributed by atoms with van der Waals surface area (Å²) in [6, 6.07) is 14.5. The van der Waals surface area contributed by atoms with Crippen LogP contribution in [0.5, 0.6) is 0 Å². The van der Waals surface area contributed by atoms with E-state index < -0.39 is 0 Å².